The van der Waals surface area contributed by atoms with E-state index in [0.29, 0.717) is 6.61 Å². The van der Waals surface area contributed by atoms with Crippen molar-refractivity contribution in [3.05, 3.63) is 75.2 Å². The molecule has 0 atom stereocenters. The summed E-state index contributed by atoms with van der Waals surface area (Å²) in [6, 6.07) is 20.5. The molecule has 0 aliphatic carbocycles. The summed E-state index contributed by atoms with van der Waals surface area (Å²) in [6.45, 7) is 0.572. The third-order valence-corrected chi connectivity index (χ3v) is 4.03. The second kappa shape index (κ2) is 5.98. The molecule has 0 fully saturated rings. The van der Waals surface area contributed by atoms with Crippen LogP contribution >= 0.6 is 31.9 Å². The maximum Gasteiger partial charge on any atom is 0.128 e. The summed E-state index contributed by atoms with van der Waals surface area (Å²) < 4.78 is 8.07. The van der Waals surface area contributed by atoms with E-state index in [1.807, 2.05) is 30.3 Å². The molecule has 100 valence electrons. The predicted molar refractivity (Wildman–Crippen MR) is 90.1 cm³/mol. The van der Waals surface area contributed by atoms with Crippen LogP contribution < -0.4 is 4.74 Å². The Hall–Kier alpha value is -1.32. The van der Waals surface area contributed by atoms with Gasteiger partial charge in [0.05, 0.1) is 0 Å². The van der Waals surface area contributed by atoms with Gasteiger partial charge >= 0.3 is 0 Å². The van der Waals surface area contributed by atoms with Crippen molar-refractivity contribution in [1.29, 1.82) is 0 Å². The lowest BCUT2D eigenvalue weighted by Crippen LogP contribution is -1.95. The number of halogens is 2. The van der Waals surface area contributed by atoms with Crippen LogP contribution in [-0.4, -0.2) is 0 Å². The summed E-state index contributed by atoms with van der Waals surface area (Å²) >= 11 is 7.04. The number of fused-ring (bicyclic) bond motifs is 1. The summed E-state index contributed by atoms with van der Waals surface area (Å²) in [5.41, 5.74) is 1.16. The van der Waals surface area contributed by atoms with Crippen molar-refractivity contribution in [1.82, 2.24) is 0 Å². The average molecular weight is 392 g/mol. The molecule has 0 N–H and O–H groups in total. The smallest absolute Gasteiger partial charge is 0.128 e. The maximum atomic E-state index is 5.98. The van der Waals surface area contributed by atoms with E-state index in [2.05, 4.69) is 62.2 Å². The van der Waals surface area contributed by atoms with Crippen molar-refractivity contribution in [2.24, 2.45) is 0 Å². The van der Waals surface area contributed by atoms with E-state index in [1.165, 1.54) is 0 Å². The lowest BCUT2D eigenvalue weighted by molar-refractivity contribution is 0.310. The SMILES string of the molecule is Brc1ccc2c(OCc3ccccc3)cc(Br)cc2c1. The maximum absolute atomic E-state index is 5.98. The summed E-state index contributed by atoms with van der Waals surface area (Å²) in [5, 5.41) is 2.27. The molecule has 0 aliphatic rings. The lowest BCUT2D eigenvalue weighted by atomic mass is 10.1. The molecule has 0 unspecified atom stereocenters. The van der Waals surface area contributed by atoms with E-state index in [0.717, 1.165) is 31.0 Å². The second-order valence-corrected chi connectivity index (χ2v) is 6.38. The first kappa shape index (κ1) is 13.7. The molecule has 3 aromatic carbocycles. The monoisotopic (exact) mass is 390 g/mol. The van der Waals surface area contributed by atoms with Gasteiger partial charge in [-0.25, -0.2) is 0 Å². The van der Waals surface area contributed by atoms with Gasteiger partial charge in [0.25, 0.3) is 0 Å². The van der Waals surface area contributed by atoms with Crippen molar-refractivity contribution < 1.29 is 4.74 Å². The second-order valence-electron chi connectivity index (χ2n) is 4.54. The van der Waals surface area contributed by atoms with E-state index >= 15 is 0 Å². The molecular formula is C17H12Br2O. The molecular weight excluding hydrogens is 380 g/mol. The lowest BCUT2D eigenvalue weighted by Gasteiger charge is -2.10. The molecule has 0 bridgehead atoms. The van der Waals surface area contributed by atoms with Gasteiger partial charge in [-0.05, 0) is 41.3 Å². The highest BCUT2D eigenvalue weighted by atomic mass is 79.9. The van der Waals surface area contributed by atoms with Crippen LogP contribution in [-0.2, 0) is 6.61 Å². The molecule has 1 nitrogen and oxygen atoms in total. The van der Waals surface area contributed by atoms with E-state index < -0.39 is 0 Å². The molecule has 3 aromatic rings. The Labute approximate surface area is 134 Å². The fraction of sp³-hybridized carbons (Fsp3) is 0.0588. The minimum atomic E-state index is 0.572. The highest BCUT2D eigenvalue weighted by Crippen LogP contribution is 2.32. The normalized spacial score (nSPS) is 10.7. The minimum Gasteiger partial charge on any atom is -0.488 e. The molecule has 0 saturated heterocycles. The highest BCUT2D eigenvalue weighted by molar-refractivity contribution is 9.10. The molecule has 3 rings (SSSR count). The van der Waals surface area contributed by atoms with Gasteiger partial charge in [0.15, 0.2) is 0 Å². The molecule has 0 amide bonds. The molecule has 0 radical (unpaired) electrons. The van der Waals surface area contributed by atoms with E-state index in [4.69, 9.17) is 4.74 Å². The number of ether oxygens (including phenoxy) is 1. The zero-order chi connectivity index (χ0) is 13.9. The quantitative estimate of drug-likeness (QED) is 0.536. The Balaban J connectivity index is 1.94. The van der Waals surface area contributed by atoms with Crippen LogP contribution in [0.4, 0.5) is 0 Å². The molecule has 0 aliphatic heterocycles. The first-order valence-corrected chi connectivity index (χ1v) is 7.86. The van der Waals surface area contributed by atoms with Gasteiger partial charge in [-0.1, -0.05) is 62.2 Å². The Bertz CT molecular complexity index is 733. The van der Waals surface area contributed by atoms with Crippen LogP contribution in [0, 0.1) is 0 Å². The van der Waals surface area contributed by atoms with Gasteiger partial charge in [0.2, 0.25) is 0 Å². The molecule has 0 saturated carbocycles. The first-order chi connectivity index (χ1) is 9.72. The van der Waals surface area contributed by atoms with E-state index in [9.17, 15) is 0 Å². The van der Waals surface area contributed by atoms with Crippen molar-refractivity contribution >= 4 is 42.6 Å². The summed E-state index contributed by atoms with van der Waals surface area (Å²) in [4.78, 5) is 0. The van der Waals surface area contributed by atoms with Gasteiger partial charge in [0, 0.05) is 14.3 Å². The number of rotatable bonds is 3. The van der Waals surface area contributed by atoms with Crippen molar-refractivity contribution in [3.8, 4) is 5.75 Å². The molecule has 20 heavy (non-hydrogen) atoms. The van der Waals surface area contributed by atoms with Gasteiger partial charge in [-0.3, -0.25) is 0 Å². The van der Waals surface area contributed by atoms with Crippen LogP contribution in [0.2, 0.25) is 0 Å². The Morgan fingerprint density at radius 3 is 2.35 bits per heavy atom. The number of hydrogen-bond acceptors (Lipinski definition) is 1. The fourth-order valence-electron chi connectivity index (χ4n) is 2.13. The minimum absolute atomic E-state index is 0.572. The van der Waals surface area contributed by atoms with E-state index in [-0.39, 0.29) is 0 Å². The predicted octanol–water partition coefficient (Wildman–Crippen LogP) is 5.94. The Kier molecular flexibility index (Phi) is 4.08. The Morgan fingerprint density at radius 2 is 1.55 bits per heavy atom. The third-order valence-electron chi connectivity index (χ3n) is 3.08. The van der Waals surface area contributed by atoms with Gasteiger partial charge in [0.1, 0.15) is 12.4 Å². The molecule has 0 aromatic heterocycles. The largest absolute Gasteiger partial charge is 0.488 e. The standard InChI is InChI=1S/C17H12Br2O/c18-14-6-7-16-13(8-14)9-15(19)10-17(16)20-11-12-4-2-1-3-5-12/h1-10H,11H2. The van der Waals surface area contributed by atoms with Gasteiger partial charge < -0.3 is 4.74 Å². The van der Waals surface area contributed by atoms with Crippen LogP contribution in [0.5, 0.6) is 5.75 Å². The summed E-state index contributed by atoms with van der Waals surface area (Å²) in [6.07, 6.45) is 0. The Morgan fingerprint density at radius 1 is 0.800 bits per heavy atom. The van der Waals surface area contributed by atoms with Crippen molar-refractivity contribution in [2.75, 3.05) is 0 Å². The van der Waals surface area contributed by atoms with Crippen LogP contribution in [0.3, 0.4) is 0 Å². The average Bonchev–Trinajstić information content (AvgIpc) is 2.45. The molecule has 3 heteroatoms. The fourth-order valence-corrected chi connectivity index (χ4v) is 2.96. The molecule has 0 heterocycles. The zero-order valence-corrected chi connectivity index (χ0v) is 13.8. The van der Waals surface area contributed by atoms with Crippen molar-refractivity contribution in [2.45, 2.75) is 6.61 Å². The highest BCUT2D eigenvalue weighted by Gasteiger charge is 2.05. The van der Waals surface area contributed by atoms with Gasteiger partial charge in [-0.2, -0.15) is 0 Å². The number of benzene rings is 3. The van der Waals surface area contributed by atoms with Crippen LogP contribution in [0.1, 0.15) is 5.56 Å². The van der Waals surface area contributed by atoms with Gasteiger partial charge in [-0.15, -0.1) is 0 Å². The van der Waals surface area contributed by atoms with Crippen molar-refractivity contribution in [3.63, 3.8) is 0 Å². The van der Waals surface area contributed by atoms with E-state index in [1.54, 1.807) is 0 Å². The van der Waals surface area contributed by atoms with Crippen LogP contribution in [0.15, 0.2) is 69.6 Å². The topological polar surface area (TPSA) is 9.23 Å². The summed E-state index contributed by atoms with van der Waals surface area (Å²) in [5.74, 6) is 0.894. The number of hydrogen-bond donors (Lipinski definition) is 0. The molecule has 0 spiro atoms. The first-order valence-electron chi connectivity index (χ1n) is 6.28. The third kappa shape index (κ3) is 3.05. The zero-order valence-electron chi connectivity index (χ0n) is 10.6. The summed E-state index contributed by atoms with van der Waals surface area (Å²) in [7, 11) is 0. The van der Waals surface area contributed by atoms with Crippen LogP contribution in [0.25, 0.3) is 10.8 Å².